The van der Waals surface area contributed by atoms with Crippen molar-refractivity contribution in [3.8, 4) is 0 Å². The summed E-state index contributed by atoms with van der Waals surface area (Å²) in [4.78, 5) is 29.1. The maximum absolute atomic E-state index is 12.5. The van der Waals surface area contributed by atoms with Crippen molar-refractivity contribution in [2.75, 3.05) is 5.32 Å². The van der Waals surface area contributed by atoms with Gasteiger partial charge in [-0.3, -0.25) is 9.59 Å². The largest absolute Gasteiger partial charge is 0.326 e. The van der Waals surface area contributed by atoms with Crippen LogP contribution in [0.3, 0.4) is 0 Å². The van der Waals surface area contributed by atoms with Gasteiger partial charge in [0.25, 0.3) is 5.91 Å². The number of aryl methyl sites for hydroxylation is 3. The predicted molar refractivity (Wildman–Crippen MR) is 114 cm³/mol. The first kappa shape index (κ1) is 19.8. The van der Waals surface area contributed by atoms with Gasteiger partial charge in [0.2, 0.25) is 5.91 Å². The number of nitrogens with one attached hydrogen (secondary N) is 1. The highest BCUT2D eigenvalue weighted by atomic mass is 32.2. The number of thioether (sulfide) groups is 1. The van der Waals surface area contributed by atoms with E-state index in [1.54, 1.807) is 0 Å². The molecule has 152 valence electrons. The van der Waals surface area contributed by atoms with Crippen LogP contribution in [0.25, 0.3) is 0 Å². The van der Waals surface area contributed by atoms with Gasteiger partial charge in [0.15, 0.2) is 0 Å². The standard InChI is InChI=1S/C21H25N5O2S/c1-13-7-6-8-14(2)20(13)22-18(27)11-15-21(28)23-19(29-15)12-17-25-24-16-9-4-3-5-10-26(16)17/h6-8,15H,3-5,9-12H2,1-2H3,(H,22,27)/t15-/m0/s1. The summed E-state index contributed by atoms with van der Waals surface area (Å²) in [6.07, 6.45) is 5.03. The molecular formula is C21H25N5O2S. The number of fused-ring (bicyclic) bond motifs is 1. The zero-order chi connectivity index (χ0) is 20.4. The van der Waals surface area contributed by atoms with Crippen LogP contribution >= 0.6 is 11.8 Å². The van der Waals surface area contributed by atoms with Crippen LogP contribution in [0.5, 0.6) is 0 Å². The predicted octanol–water partition coefficient (Wildman–Crippen LogP) is 3.23. The molecule has 7 nitrogen and oxygen atoms in total. The fourth-order valence-corrected chi connectivity index (χ4v) is 4.90. The number of amides is 2. The number of aromatic nitrogens is 3. The third-order valence-electron chi connectivity index (χ3n) is 5.40. The van der Waals surface area contributed by atoms with Crippen molar-refractivity contribution in [1.29, 1.82) is 0 Å². The zero-order valence-corrected chi connectivity index (χ0v) is 17.6. The summed E-state index contributed by atoms with van der Waals surface area (Å²) in [6, 6.07) is 5.88. The minimum absolute atomic E-state index is 0.113. The van der Waals surface area contributed by atoms with E-state index in [0.29, 0.717) is 6.42 Å². The molecule has 4 rings (SSSR count). The lowest BCUT2D eigenvalue weighted by atomic mass is 10.1. The van der Waals surface area contributed by atoms with Crippen LogP contribution in [0, 0.1) is 13.8 Å². The molecular weight excluding hydrogens is 386 g/mol. The molecule has 0 unspecified atom stereocenters. The molecule has 1 aromatic heterocycles. The maximum Gasteiger partial charge on any atom is 0.260 e. The second-order valence-electron chi connectivity index (χ2n) is 7.64. The molecule has 2 aromatic rings. The molecule has 0 spiro atoms. The molecule has 1 aromatic carbocycles. The van der Waals surface area contributed by atoms with Crippen molar-refractivity contribution in [3.63, 3.8) is 0 Å². The molecule has 0 fully saturated rings. The fourth-order valence-electron chi connectivity index (χ4n) is 3.83. The van der Waals surface area contributed by atoms with Gasteiger partial charge in [0.1, 0.15) is 16.9 Å². The fraction of sp³-hybridized carbons (Fsp3) is 0.476. The molecule has 3 heterocycles. The van der Waals surface area contributed by atoms with Gasteiger partial charge in [-0.2, -0.15) is 0 Å². The van der Waals surface area contributed by atoms with Gasteiger partial charge in [0.05, 0.1) is 11.5 Å². The van der Waals surface area contributed by atoms with Gasteiger partial charge in [-0.25, -0.2) is 4.99 Å². The molecule has 2 amide bonds. The molecule has 1 atom stereocenters. The molecule has 0 saturated carbocycles. The number of benzene rings is 1. The van der Waals surface area contributed by atoms with Crippen molar-refractivity contribution in [2.24, 2.45) is 4.99 Å². The average molecular weight is 412 g/mol. The molecule has 0 bridgehead atoms. The van der Waals surface area contributed by atoms with Crippen molar-refractivity contribution < 1.29 is 9.59 Å². The molecule has 1 N–H and O–H groups in total. The van der Waals surface area contributed by atoms with Gasteiger partial charge < -0.3 is 9.88 Å². The SMILES string of the molecule is Cc1cccc(C)c1NC(=O)C[C@@H]1SC(Cc2nnc3n2CCCCC3)=NC1=O. The lowest BCUT2D eigenvalue weighted by molar-refractivity contribution is -0.121. The Hall–Kier alpha value is -2.48. The number of rotatable bonds is 5. The van der Waals surface area contributed by atoms with E-state index in [2.05, 4.69) is 25.1 Å². The minimum Gasteiger partial charge on any atom is -0.326 e. The van der Waals surface area contributed by atoms with Gasteiger partial charge >= 0.3 is 0 Å². The van der Waals surface area contributed by atoms with Gasteiger partial charge in [-0.05, 0) is 37.8 Å². The average Bonchev–Trinajstić information content (AvgIpc) is 3.11. The third kappa shape index (κ3) is 4.42. The number of aliphatic imine (C=N–C) groups is 1. The number of hydrogen-bond acceptors (Lipinski definition) is 5. The molecule has 29 heavy (non-hydrogen) atoms. The van der Waals surface area contributed by atoms with Crippen LogP contribution in [0.4, 0.5) is 5.69 Å². The summed E-state index contributed by atoms with van der Waals surface area (Å²) in [6.45, 7) is 4.84. The second kappa shape index (κ2) is 8.49. The number of carbonyl (C=O) groups excluding carboxylic acids is 2. The van der Waals surface area contributed by atoms with E-state index in [9.17, 15) is 9.59 Å². The molecule has 8 heteroatoms. The smallest absolute Gasteiger partial charge is 0.260 e. The Balaban J connectivity index is 1.37. The first-order valence-corrected chi connectivity index (χ1v) is 10.9. The van der Waals surface area contributed by atoms with E-state index < -0.39 is 5.25 Å². The number of anilines is 1. The second-order valence-corrected chi connectivity index (χ2v) is 8.92. The quantitative estimate of drug-likeness (QED) is 0.816. The Morgan fingerprint density at radius 2 is 2.00 bits per heavy atom. The van der Waals surface area contributed by atoms with E-state index in [0.717, 1.165) is 59.3 Å². The Labute approximate surface area is 174 Å². The summed E-state index contributed by atoms with van der Waals surface area (Å²) in [7, 11) is 0. The highest BCUT2D eigenvalue weighted by Crippen LogP contribution is 2.28. The summed E-state index contributed by atoms with van der Waals surface area (Å²) in [5.74, 6) is 1.48. The Morgan fingerprint density at radius 3 is 2.79 bits per heavy atom. The van der Waals surface area contributed by atoms with Crippen molar-refractivity contribution in [1.82, 2.24) is 14.8 Å². The van der Waals surface area contributed by atoms with E-state index in [1.807, 2.05) is 32.0 Å². The number of hydrogen-bond donors (Lipinski definition) is 1. The van der Waals surface area contributed by atoms with Crippen LogP contribution < -0.4 is 5.32 Å². The lowest BCUT2D eigenvalue weighted by Gasteiger charge is -2.13. The normalized spacial score (nSPS) is 18.9. The highest BCUT2D eigenvalue weighted by Gasteiger charge is 2.31. The van der Waals surface area contributed by atoms with E-state index in [-0.39, 0.29) is 18.2 Å². The summed E-state index contributed by atoms with van der Waals surface area (Å²) in [5.41, 5.74) is 2.83. The third-order valence-corrected chi connectivity index (χ3v) is 6.56. The number of nitrogens with zero attached hydrogens (tertiary/aromatic N) is 4. The van der Waals surface area contributed by atoms with Crippen molar-refractivity contribution in [3.05, 3.63) is 41.0 Å². The number of carbonyl (C=O) groups is 2. The molecule has 2 aliphatic heterocycles. The highest BCUT2D eigenvalue weighted by molar-refractivity contribution is 8.15. The molecule has 2 aliphatic rings. The summed E-state index contributed by atoms with van der Waals surface area (Å²) < 4.78 is 2.17. The zero-order valence-electron chi connectivity index (χ0n) is 16.8. The van der Waals surface area contributed by atoms with Crippen LogP contribution in [-0.4, -0.2) is 36.9 Å². The summed E-state index contributed by atoms with van der Waals surface area (Å²) in [5, 5.41) is 11.8. The molecule has 0 saturated heterocycles. The lowest BCUT2D eigenvalue weighted by Crippen LogP contribution is -2.22. The van der Waals surface area contributed by atoms with Gasteiger partial charge in [-0.15, -0.1) is 10.2 Å². The van der Waals surface area contributed by atoms with E-state index in [4.69, 9.17) is 0 Å². The Kier molecular flexibility index (Phi) is 5.80. The Morgan fingerprint density at radius 1 is 1.21 bits per heavy atom. The Bertz CT molecular complexity index is 961. The van der Waals surface area contributed by atoms with Crippen LogP contribution in [0.15, 0.2) is 23.2 Å². The van der Waals surface area contributed by atoms with Crippen LogP contribution in [0.1, 0.15) is 48.5 Å². The molecule has 0 radical (unpaired) electrons. The summed E-state index contributed by atoms with van der Waals surface area (Å²) >= 11 is 1.38. The van der Waals surface area contributed by atoms with Crippen molar-refractivity contribution >= 4 is 34.3 Å². The van der Waals surface area contributed by atoms with Crippen molar-refractivity contribution in [2.45, 2.75) is 64.2 Å². The maximum atomic E-state index is 12.5. The van der Waals surface area contributed by atoms with Gasteiger partial charge in [-0.1, -0.05) is 36.4 Å². The van der Waals surface area contributed by atoms with Crippen LogP contribution in [-0.2, 0) is 29.0 Å². The van der Waals surface area contributed by atoms with E-state index >= 15 is 0 Å². The first-order chi connectivity index (χ1) is 14.0. The first-order valence-electron chi connectivity index (χ1n) is 10.1. The molecule has 0 aliphatic carbocycles. The minimum atomic E-state index is -0.471. The topological polar surface area (TPSA) is 89.2 Å². The van der Waals surface area contributed by atoms with Crippen LogP contribution in [0.2, 0.25) is 0 Å². The van der Waals surface area contributed by atoms with E-state index in [1.165, 1.54) is 18.2 Å². The van der Waals surface area contributed by atoms with Gasteiger partial charge in [0, 0.05) is 25.1 Å². The monoisotopic (exact) mass is 411 g/mol. The number of para-hydroxylation sites is 1.